The lowest BCUT2D eigenvalue weighted by molar-refractivity contribution is 0.592. The van der Waals surface area contributed by atoms with E-state index in [1.54, 1.807) is 0 Å². The van der Waals surface area contributed by atoms with Gasteiger partial charge < -0.3 is 5.43 Å². The molecule has 1 aliphatic carbocycles. The van der Waals surface area contributed by atoms with Gasteiger partial charge in [0.15, 0.2) is 17.0 Å². The summed E-state index contributed by atoms with van der Waals surface area (Å²) in [5, 5.41) is 8.12. The average molecular weight is 205 g/mol. The third-order valence-corrected chi connectivity index (χ3v) is 2.78. The fraction of sp³-hybridized carbons (Fsp3) is 0.500. The van der Waals surface area contributed by atoms with Crippen LogP contribution in [0.2, 0.25) is 0 Å². The minimum absolute atomic E-state index is 0.426. The quantitative estimate of drug-likeness (QED) is 0.533. The van der Waals surface area contributed by atoms with Crippen molar-refractivity contribution in [1.29, 1.82) is 0 Å². The number of nitrogens with one attached hydrogen (secondary N) is 1. The standard InChI is InChI=1S/C8H11N7/c1-4-2-5(4)15-8-6(13-14-15)7(12-9)10-3-11-8/h3-5H,2,9H2,1H3,(H,10,11,12). The van der Waals surface area contributed by atoms with Gasteiger partial charge in [-0.05, 0) is 12.3 Å². The summed E-state index contributed by atoms with van der Waals surface area (Å²) in [4.78, 5) is 8.15. The van der Waals surface area contributed by atoms with E-state index >= 15 is 0 Å². The molecule has 0 bridgehead atoms. The minimum Gasteiger partial charge on any atom is -0.306 e. The summed E-state index contributed by atoms with van der Waals surface area (Å²) >= 11 is 0. The Morgan fingerprint density at radius 3 is 3.00 bits per heavy atom. The molecule has 2 aromatic rings. The number of nitrogens with two attached hydrogens (primary N) is 1. The molecule has 2 unspecified atom stereocenters. The molecular formula is C8H11N7. The van der Waals surface area contributed by atoms with Crippen LogP contribution < -0.4 is 11.3 Å². The lowest BCUT2D eigenvalue weighted by Crippen LogP contribution is -2.09. The largest absolute Gasteiger partial charge is 0.306 e. The van der Waals surface area contributed by atoms with Gasteiger partial charge in [-0.15, -0.1) is 5.10 Å². The van der Waals surface area contributed by atoms with Gasteiger partial charge in [0.1, 0.15) is 6.33 Å². The predicted octanol–water partition coefficient (Wildman–Crippen LogP) is 0.0878. The van der Waals surface area contributed by atoms with Crippen LogP contribution in [0.4, 0.5) is 5.82 Å². The second-order valence-corrected chi connectivity index (χ2v) is 3.85. The van der Waals surface area contributed by atoms with Gasteiger partial charge in [0.2, 0.25) is 0 Å². The third kappa shape index (κ3) is 1.16. The van der Waals surface area contributed by atoms with Crippen LogP contribution in [0.1, 0.15) is 19.4 Å². The van der Waals surface area contributed by atoms with Crippen molar-refractivity contribution < 1.29 is 0 Å². The molecule has 1 aliphatic rings. The number of nitrogen functional groups attached to an aromatic ring is 1. The Hall–Kier alpha value is -1.76. The maximum Gasteiger partial charge on any atom is 0.184 e. The monoisotopic (exact) mass is 205 g/mol. The first-order chi connectivity index (χ1) is 7.31. The van der Waals surface area contributed by atoms with E-state index in [0.29, 0.717) is 23.3 Å². The van der Waals surface area contributed by atoms with Crippen LogP contribution >= 0.6 is 0 Å². The van der Waals surface area contributed by atoms with Gasteiger partial charge >= 0.3 is 0 Å². The first-order valence-electron chi connectivity index (χ1n) is 4.83. The Bertz CT molecular complexity index is 505. The van der Waals surface area contributed by atoms with E-state index in [2.05, 4.69) is 32.6 Å². The van der Waals surface area contributed by atoms with Crippen LogP contribution in [-0.4, -0.2) is 25.0 Å². The molecular weight excluding hydrogens is 194 g/mol. The molecule has 0 aromatic carbocycles. The number of aromatic nitrogens is 5. The fourth-order valence-electron chi connectivity index (χ4n) is 1.74. The highest BCUT2D eigenvalue weighted by molar-refractivity contribution is 5.81. The summed E-state index contributed by atoms with van der Waals surface area (Å²) in [6, 6.07) is 0.426. The highest BCUT2D eigenvalue weighted by Gasteiger charge is 2.37. The van der Waals surface area contributed by atoms with Crippen molar-refractivity contribution in [3.63, 3.8) is 0 Å². The van der Waals surface area contributed by atoms with Crippen LogP contribution in [0, 0.1) is 5.92 Å². The highest BCUT2D eigenvalue weighted by Crippen LogP contribution is 2.43. The van der Waals surface area contributed by atoms with Crippen molar-refractivity contribution in [3.8, 4) is 0 Å². The van der Waals surface area contributed by atoms with Gasteiger partial charge in [0.05, 0.1) is 6.04 Å². The fourth-order valence-corrected chi connectivity index (χ4v) is 1.74. The van der Waals surface area contributed by atoms with Crippen LogP contribution in [0.5, 0.6) is 0 Å². The number of rotatable bonds is 2. The molecule has 0 spiro atoms. The van der Waals surface area contributed by atoms with E-state index in [4.69, 9.17) is 5.84 Å². The first kappa shape index (κ1) is 8.54. The zero-order valence-corrected chi connectivity index (χ0v) is 8.25. The Morgan fingerprint density at radius 1 is 1.53 bits per heavy atom. The molecule has 0 amide bonds. The maximum atomic E-state index is 5.33. The van der Waals surface area contributed by atoms with Crippen LogP contribution in [0.15, 0.2) is 6.33 Å². The number of fused-ring (bicyclic) bond motifs is 1. The highest BCUT2D eigenvalue weighted by atomic mass is 15.5. The zero-order valence-electron chi connectivity index (χ0n) is 8.25. The molecule has 78 valence electrons. The molecule has 0 radical (unpaired) electrons. The van der Waals surface area contributed by atoms with Gasteiger partial charge in [-0.25, -0.2) is 20.5 Å². The van der Waals surface area contributed by atoms with Crippen molar-refractivity contribution >= 4 is 17.0 Å². The number of hydrazine groups is 1. The van der Waals surface area contributed by atoms with E-state index < -0.39 is 0 Å². The lowest BCUT2D eigenvalue weighted by Gasteiger charge is -1.99. The van der Waals surface area contributed by atoms with Gasteiger partial charge in [0, 0.05) is 0 Å². The SMILES string of the molecule is CC1CC1n1nnc2c(NN)ncnc21. The number of hydrogen-bond donors (Lipinski definition) is 2. The summed E-state index contributed by atoms with van der Waals surface area (Å²) in [6.45, 7) is 2.18. The number of hydrogen-bond acceptors (Lipinski definition) is 6. The molecule has 2 atom stereocenters. The van der Waals surface area contributed by atoms with Crippen LogP contribution in [0.25, 0.3) is 11.2 Å². The molecule has 15 heavy (non-hydrogen) atoms. The molecule has 7 nitrogen and oxygen atoms in total. The predicted molar refractivity (Wildman–Crippen MR) is 53.7 cm³/mol. The average Bonchev–Trinajstić information content (AvgIpc) is 2.82. The van der Waals surface area contributed by atoms with Crippen molar-refractivity contribution in [1.82, 2.24) is 25.0 Å². The van der Waals surface area contributed by atoms with E-state index in [0.717, 1.165) is 12.1 Å². The molecule has 0 aliphatic heterocycles. The molecule has 0 saturated heterocycles. The molecule has 2 aromatic heterocycles. The Balaban J connectivity index is 2.18. The normalized spacial score (nSPS) is 24.4. The smallest absolute Gasteiger partial charge is 0.184 e. The van der Waals surface area contributed by atoms with E-state index in [1.807, 2.05) is 4.68 Å². The molecule has 1 fully saturated rings. The van der Waals surface area contributed by atoms with E-state index in [9.17, 15) is 0 Å². The topological polar surface area (TPSA) is 94.5 Å². The van der Waals surface area contributed by atoms with E-state index in [-0.39, 0.29) is 0 Å². The summed E-state index contributed by atoms with van der Waals surface area (Å²) in [5.41, 5.74) is 3.85. The Morgan fingerprint density at radius 2 is 2.33 bits per heavy atom. The molecule has 3 N–H and O–H groups in total. The van der Waals surface area contributed by atoms with Crippen LogP contribution in [-0.2, 0) is 0 Å². The van der Waals surface area contributed by atoms with Crippen LogP contribution in [0.3, 0.4) is 0 Å². The number of anilines is 1. The third-order valence-electron chi connectivity index (χ3n) is 2.78. The maximum absolute atomic E-state index is 5.33. The molecule has 1 saturated carbocycles. The molecule has 2 heterocycles. The number of nitrogens with zero attached hydrogens (tertiary/aromatic N) is 5. The van der Waals surface area contributed by atoms with Crippen molar-refractivity contribution in [3.05, 3.63) is 6.33 Å². The lowest BCUT2D eigenvalue weighted by atomic mass is 10.4. The van der Waals surface area contributed by atoms with Gasteiger partial charge in [-0.1, -0.05) is 12.1 Å². The molecule has 7 heteroatoms. The summed E-state index contributed by atoms with van der Waals surface area (Å²) in [7, 11) is 0. The zero-order chi connectivity index (χ0) is 10.4. The van der Waals surface area contributed by atoms with Gasteiger partial charge in [-0.2, -0.15) is 0 Å². The first-order valence-corrected chi connectivity index (χ1v) is 4.83. The second kappa shape index (κ2) is 2.86. The Labute approximate surface area is 85.7 Å². The van der Waals surface area contributed by atoms with Gasteiger partial charge in [-0.3, -0.25) is 0 Å². The Kier molecular flexibility index (Phi) is 1.63. The molecule has 3 rings (SSSR count). The second-order valence-electron chi connectivity index (χ2n) is 3.85. The summed E-state index contributed by atoms with van der Waals surface area (Å²) < 4.78 is 1.85. The summed E-state index contributed by atoms with van der Waals surface area (Å²) in [6.07, 6.45) is 2.60. The van der Waals surface area contributed by atoms with Gasteiger partial charge in [0.25, 0.3) is 0 Å². The van der Waals surface area contributed by atoms with Crippen molar-refractivity contribution in [2.45, 2.75) is 19.4 Å². The minimum atomic E-state index is 0.426. The van der Waals surface area contributed by atoms with Crippen molar-refractivity contribution in [2.24, 2.45) is 11.8 Å². The van der Waals surface area contributed by atoms with Crippen molar-refractivity contribution in [2.75, 3.05) is 5.43 Å². The summed E-state index contributed by atoms with van der Waals surface area (Å²) in [5.74, 6) is 6.49. The van der Waals surface area contributed by atoms with E-state index in [1.165, 1.54) is 6.33 Å².